The van der Waals surface area contributed by atoms with Gasteiger partial charge in [0.1, 0.15) is 0 Å². The minimum Gasteiger partial charge on any atom is -0.493 e. The van der Waals surface area contributed by atoms with Crippen molar-refractivity contribution in [3.05, 3.63) is 17.7 Å². The van der Waals surface area contributed by atoms with E-state index in [-0.39, 0.29) is 12.0 Å². The molecule has 27 heavy (non-hydrogen) atoms. The molecule has 152 valence electrons. The number of amides is 1. The van der Waals surface area contributed by atoms with Gasteiger partial charge in [0, 0.05) is 26.1 Å². The molecule has 1 saturated heterocycles. The van der Waals surface area contributed by atoms with Gasteiger partial charge >= 0.3 is 0 Å². The summed E-state index contributed by atoms with van der Waals surface area (Å²) in [5.41, 5.74) is 6.42. The highest BCUT2D eigenvalue weighted by Crippen LogP contribution is 2.40. The summed E-state index contributed by atoms with van der Waals surface area (Å²) in [6.45, 7) is 2.84. The smallest absolute Gasteiger partial charge is 0.222 e. The van der Waals surface area contributed by atoms with Gasteiger partial charge in [0.2, 0.25) is 11.7 Å². The first-order valence-corrected chi connectivity index (χ1v) is 9.51. The maximum Gasteiger partial charge on any atom is 0.222 e. The van der Waals surface area contributed by atoms with Crippen LogP contribution < -0.4 is 19.9 Å². The Morgan fingerprint density at radius 1 is 1.11 bits per heavy atom. The van der Waals surface area contributed by atoms with E-state index in [1.165, 1.54) is 0 Å². The van der Waals surface area contributed by atoms with Crippen molar-refractivity contribution in [2.45, 2.75) is 38.2 Å². The maximum atomic E-state index is 12.6. The van der Waals surface area contributed by atoms with Crippen LogP contribution in [-0.2, 0) is 16.0 Å². The summed E-state index contributed by atoms with van der Waals surface area (Å²) in [6.07, 6.45) is 3.92. The summed E-state index contributed by atoms with van der Waals surface area (Å²) in [4.78, 5) is 14.5. The van der Waals surface area contributed by atoms with E-state index >= 15 is 0 Å². The van der Waals surface area contributed by atoms with Crippen LogP contribution in [0.5, 0.6) is 17.2 Å². The predicted octanol–water partition coefficient (Wildman–Crippen LogP) is 2.00. The van der Waals surface area contributed by atoms with Crippen LogP contribution in [-0.4, -0.2) is 64.5 Å². The van der Waals surface area contributed by atoms with Crippen molar-refractivity contribution in [2.75, 3.05) is 47.6 Å². The fourth-order valence-electron chi connectivity index (χ4n) is 3.36. The van der Waals surface area contributed by atoms with Crippen LogP contribution in [0, 0.1) is 0 Å². The third-order valence-corrected chi connectivity index (χ3v) is 4.89. The van der Waals surface area contributed by atoms with Gasteiger partial charge in [-0.25, -0.2) is 0 Å². The highest BCUT2D eigenvalue weighted by atomic mass is 16.5. The fraction of sp³-hybridized carbons (Fsp3) is 0.650. The lowest BCUT2D eigenvalue weighted by Gasteiger charge is -2.32. The van der Waals surface area contributed by atoms with Crippen LogP contribution in [0.15, 0.2) is 12.1 Å². The first kappa shape index (κ1) is 21.3. The normalized spacial score (nSPS) is 14.9. The second-order valence-electron chi connectivity index (χ2n) is 6.59. The zero-order valence-electron chi connectivity index (χ0n) is 16.7. The molecule has 0 aromatic heterocycles. The Hall–Kier alpha value is -1.99. The van der Waals surface area contributed by atoms with Crippen LogP contribution >= 0.6 is 0 Å². The molecule has 7 nitrogen and oxygen atoms in total. The molecule has 2 rings (SSSR count). The molecule has 1 amide bonds. The summed E-state index contributed by atoms with van der Waals surface area (Å²) >= 11 is 0. The van der Waals surface area contributed by atoms with E-state index in [0.29, 0.717) is 43.2 Å². The molecule has 1 aromatic carbocycles. The number of nitrogens with zero attached hydrogens (tertiary/aromatic N) is 1. The molecule has 0 spiro atoms. The summed E-state index contributed by atoms with van der Waals surface area (Å²) < 4.78 is 22.0. The highest BCUT2D eigenvalue weighted by Gasteiger charge is 2.23. The molecule has 2 N–H and O–H groups in total. The van der Waals surface area contributed by atoms with Crippen LogP contribution in [0.25, 0.3) is 0 Å². The van der Waals surface area contributed by atoms with Crippen LogP contribution in [0.4, 0.5) is 0 Å². The lowest BCUT2D eigenvalue weighted by atomic mass is 10.0. The zero-order chi connectivity index (χ0) is 19.6. The van der Waals surface area contributed by atoms with Gasteiger partial charge in [-0.05, 0) is 43.9 Å². The average molecular weight is 380 g/mol. The molecule has 7 heteroatoms. The van der Waals surface area contributed by atoms with E-state index in [1.54, 1.807) is 21.3 Å². The Balaban J connectivity index is 1.87. The largest absolute Gasteiger partial charge is 0.493 e. The molecule has 1 aliphatic heterocycles. The third-order valence-electron chi connectivity index (χ3n) is 4.89. The van der Waals surface area contributed by atoms with Crippen molar-refractivity contribution in [3.63, 3.8) is 0 Å². The molecule has 0 unspecified atom stereocenters. The Labute approximate surface area is 161 Å². The van der Waals surface area contributed by atoms with E-state index in [0.717, 1.165) is 37.9 Å². The van der Waals surface area contributed by atoms with Crippen molar-refractivity contribution in [3.8, 4) is 17.2 Å². The number of nitrogens with two attached hydrogens (primary N) is 1. The van der Waals surface area contributed by atoms with E-state index in [2.05, 4.69) is 0 Å². The number of hydrogen-bond acceptors (Lipinski definition) is 6. The number of aryl methyl sites for hydroxylation is 1. The molecule has 0 bridgehead atoms. The van der Waals surface area contributed by atoms with Gasteiger partial charge in [-0.15, -0.1) is 0 Å². The highest BCUT2D eigenvalue weighted by molar-refractivity contribution is 5.76. The Morgan fingerprint density at radius 3 is 2.41 bits per heavy atom. The first-order valence-electron chi connectivity index (χ1n) is 9.51. The number of rotatable bonds is 10. The van der Waals surface area contributed by atoms with Gasteiger partial charge in [0.05, 0.1) is 27.4 Å². The van der Waals surface area contributed by atoms with Crippen molar-refractivity contribution >= 4 is 5.91 Å². The Kier molecular flexibility index (Phi) is 8.67. The third kappa shape index (κ3) is 5.74. The van der Waals surface area contributed by atoms with Crippen LogP contribution in [0.2, 0.25) is 0 Å². The lowest BCUT2D eigenvalue weighted by molar-refractivity contribution is -0.133. The number of methoxy groups -OCH3 is 3. The van der Waals surface area contributed by atoms with Gasteiger partial charge in [0.15, 0.2) is 11.5 Å². The lowest BCUT2D eigenvalue weighted by Crippen LogP contribution is -2.41. The van der Waals surface area contributed by atoms with Crippen molar-refractivity contribution < 1.29 is 23.7 Å². The number of hydrogen-bond donors (Lipinski definition) is 1. The fourth-order valence-corrected chi connectivity index (χ4v) is 3.36. The minimum atomic E-state index is 0.159. The summed E-state index contributed by atoms with van der Waals surface area (Å²) in [6, 6.07) is 3.76. The van der Waals surface area contributed by atoms with Gasteiger partial charge in [-0.1, -0.05) is 6.07 Å². The number of likely N-dealkylation sites (tertiary alicyclic amines) is 1. The molecule has 1 fully saturated rings. The molecule has 0 aliphatic carbocycles. The number of piperidine rings is 1. The second-order valence-corrected chi connectivity index (χ2v) is 6.59. The number of benzene rings is 1. The van der Waals surface area contributed by atoms with Gasteiger partial charge in [0.25, 0.3) is 0 Å². The molecular formula is C20H32N2O5. The number of ether oxygens (including phenoxy) is 4. The molecule has 1 heterocycles. The van der Waals surface area contributed by atoms with E-state index < -0.39 is 0 Å². The first-order chi connectivity index (χ1) is 13.1. The second kappa shape index (κ2) is 11.0. The topological polar surface area (TPSA) is 83.2 Å². The quantitative estimate of drug-likeness (QED) is 0.625. The average Bonchev–Trinajstić information content (AvgIpc) is 2.71. The van der Waals surface area contributed by atoms with Gasteiger partial charge in [-0.2, -0.15) is 0 Å². The summed E-state index contributed by atoms with van der Waals surface area (Å²) in [7, 11) is 4.76. The Bertz CT molecular complexity index is 600. The summed E-state index contributed by atoms with van der Waals surface area (Å²) in [5, 5.41) is 0. The molecule has 0 saturated carbocycles. The van der Waals surface area contributed by atoms with E-state index in [4.69, 9.17) is 24.7 Å². The SMILES string of the molecule is COc1ccc(CCC(=O)N2CCC(OCCCN)CC2)c(OC)c1OC. The van der Waals surface area contributed by atoms with Crippen molar-refractivity contribution in [1.29, 1.82) is 0 Å². The molecule has 1 aliphatic rings. The predicted molar refractivity (Wildman–Crippen MR) is 104 cm³/mol. The molecular weight excluding hydrogens is 348 g/mol. The van der Waals surface area contributed by atoms with Crippen LogP contribution in [0.3, 0.4) is 0 Å². The van der Waals surface area contributed by atoms with Crippen LogP contribution in [0.1, 0.15) is 31.2 Å². The number of carbonyl (C=O) groups is 1. The van der Waals surface area contributed by atoms with E-state index in [9.17, 15) is 4.79 Å². The molecule has 0 radical (unpaired) electrons. The van der Waals surface area contributed by atoms with Gasteiger partial charge < -0.3 is 29.6 Å². The summed E-state index contributed by atoms with van der Waals surface area (Å²) in [5.74, 6) is 1.95. The van der Waals surface area contributed by atoms with E-state index in [1.807, 2.05) is 17.0 Å². The maximum absolute atomic E-state index is 12.6. The molecule has 1 aromatic rings. The monoisotopic (exact) mass is 380 g/mol. The molecule has 0 atom stereocenters. The zero-order valence-corrected chi connectivity index (χ0v) is 16.7. The standard InChI is InChI=1S/C20H32N2O5/c1-24-17-7-5-15(19(25-2)20(17)26-3)6-8-18(23)22-12-9-16(10-13-22)27-14-4-11-21/h5,7,16H,4,6,8-14,21H2,1-3H3. The number of carbonyl (C=O) groups excluding carboxylic acids is 1. The van der Waals surface area contributed by atoms with Gasteiger partial charge in [-0.3, -0.25) is 4.79 Å². The minimum absolute atomic E-state index is 0.159. The Morgan fingerprint density at radius 2 is 1.81 bits per heavy atom. The van der Waals surface area contributed by atoms with Crippen molar-refractivity contribution in [2.24, 2.45) is 5.73 Å². The van der Waals surface area contributed by atoms with Crippen molar-refractivity contribution in [1.82, 2.24) is 4.90 Å².